The lowest BCUT2D eigenvalue weighted by molar-refractivity contribution is 0.0746. The highest BCUT2D eigenvalue weighted by Crippen LogP contribution is 2.20. The first-order valence-electron chi connectivity index (χ1n) is 8.04. The molecule has 1 amide bonds. The SMILES string of the molecule is COc1cc(C(=O)N2CCN(c3cc(OC)nc(C)n3)CC2)ccn1. The number of hydrogen-bond acceptors (Lipinski definition) is 7. The quantitative estimate of drug-likeness (QED) is 0.824. The molecular weight excluding hydrogens is 322 g/mol. The van der Waals surface area contributed by atoms with Crippen LogP contribution in [0.5, 0.6) is 11.8 Å². The molecule has 3 rings (SSSR count). The summed E-state index contributed by atoms with van der Waals surface area (Å²) in [6.07, 6.45) is 1.58. The largest absolute Gasteiger partial charge is 0.481 e. The number of hydrogen-bond donors (Lipinski definition) is 0. The molecule has 1 saturated heterocycles. The Morgan fingerprint density at radius 1 is 1.04 bits per heavy atom. The van der Waals surface area contributed by atoms with Gasteiger partial charge in [0.1, 0.15) is 11.6 Å². The van der Waals surface area contributed by atoms with E-state index >= 15 is 0 Å². The number of ether oxygens (including phenoxy) is 2. The second-order valence-corrected chi connectivity index (χ2v) is 5.68. The van der Waals surface area contributed by atoms with Crippen LogP contribution in [0, 0.1) is 6.92 Å². The molecule has 3 heterocycles. The van der Waals surface area contributed by atoms with E-state index in [1.807, 2.05) is 17.9 Å². The molecule has 1 aliphatic rings. The van der Waals surface area contributed by atoms with E-state index in [0.29, 0.717) is 49.3 Å². The number of carbonyl (C=O) groups excluding carboxylic acids is 1. The highest BCUT2D eigenvalue weighted by atomic mass is 16.5. The number of rotatable bonds is 4. The van der Waals surface area contributed by atoms with Crippen molar-refractivity contribution in [2.24, 2.45) is 0 Å². The number of nitrogens with zero attached hydrogens (tertiary/aromatic N) is 5. The van der Waals surface area contributed by atoms with Crippen molar-refractivity contribution in [3.05, 3.63) is 35.8 Å². The summed E-state index contributed by atoms with van der Waals surface area (Å²) in [5.41, 5.74) is 0.583. The highest BCUT2D eigenvalue weighted by molar-refractivity contribution is 5.94. The van der Waals surface area contributed by atoms with E-state index in [-0.39, 0.29) is 5.91 Å². The third-order valence-corrected chi connectivity index (χ3v) is 4.09. The second kappa shape index (κ2) is 7.33. The Morgan fingerprint density at radius 2 is 1.76 bits per heavy atom. The summed E-state index contributed by atoms with van der Waals surface area (Å²) < 4.78 is 10.3. The van der Waals surface area contributed by atoms with E-state index in [1.54, 1.807) is 25.4 Å². The number of aromatic nitrogens is 3. The van der Waals surface area contributed by atoms with E-state index in [0.717, 1.165) is 5.82 Å². The zero-order valence-corrected chi connectivity index (χ0v) is 14.6. The predicted molar refractivity (Wildman–Crippen MR) is 92.2 cm³/mol. The van der Waals surface area contributed by atoms with Crippen LogP contribution < -0.4 is 14.4 Å². The molecule has 0 bridgehead atoms. The van der Waals surface area contributed by atoms with Gasteiger partial charge in [0, 0.05) is 50.1 Å². The number of methoxy groups -OCH3 is 2. The van der Waals surface area contributed by atoms with Crippen LogP contribution in [0.1, 0.15) is 16.2 Å². The Labute approximate surface area is 146 Å². The van der Waals surface area contributed by atoms with Crippen molar-refractivity contribution >= 4 is 11.7 Å². The maximum absolute atomic E-state index is 12.6. The molecular formula is C17H21N5O3. The first-order chi connectivity index (χ1) is 12.1. The molecule has 0 unspecified atom stereocenters. The monoisotopic (exact) mass is 343 g/mol. The van der Waals surface area contributed by atoms with Gasteiger partial charge >= 0.3 is 0 Å². The second-order valence-electron chi connectivity index (χ2n) is 5.68. The summed E-state index contributed by atoms with van der Waals surface area (Å²) in [5.74, 6) is 2.45. The van der Waals surface area contributed by atoms with Crippen LogP contribution in [0.25, 0.3) is 0 Å². The number of aryl methyl sites for hydroxylation is 1. The minimum atomic E-state index is -0.0169. The van der Waals surface area contributed by atoms with Gasteiger partial charge in [0.2, 0.25) is 11.8 Å². The summed E-state index contributed by atoms with van der Waals surface area (Å²) in [6.45, 7) is 4.48. The zero-order chi connectivity index (χ0) is 17.8. The molecule has 0 N–H and O–H groups in total. The maximum atomic E-state index is 12.6. The fourth-order valence-electron chi connectivity index (χ4n) is 2.77. The minimum absolute atomic E-state index is 0.0169. The lowest BCUT2D eigenvalue weighted by Gasteiger charge is -2.35. The molecule has 0 radical (unpaired) electrons. The van der Waals surface area contributed by atoms with Crippen molar-refractivity contribution in [2.75, 3.05) is 45.3 Å². The van der Waals surface area contributed by atoms with Crippen molar-refractivity contribution in [1.82, 2.24) is 19.9 Å². The molecule has 8 heteroatoms. The van der Waals surface area contributed by atoms with E-state index < -0.39 is 0 Å². The van der Waals surface area contributed by atoms with Gasteiger partial charge in [-0.25, -0.2) is 9.97 Å². The van der Waals surface area contributed by atoms with Gasteiger partial charge in [-0.2, -0.15) is 4.98 Å². The number of pyridine rings is 1. The third kappa shape index (κ3) is 3.78. The lowest BCUT2D eigenvalue weighted by atomic mass is 10.2. The summed E-state index contributed by atoms with van der Waals surface area (Å²) in [6, 6.07) is 5.18. The smallest absolute Gasteiger partial charge is 0.254 e. The molecule has 2 aromatic heterocycles. The van der Waals surface area contributed by atoms with Gasteiger partial charge in [-0.3, -0.25) is 4.79 Å². The van der Waals surface area contributed by atoms with Crippen molar-refractivity contribution in [3.8, 4) is 11.8 Å². The van der Waals surface area contributed by atoms with E-state index in [4.69, 9.17) is 9.47 Å². The summed E-state index contributed by atoms with van der Waals surface area (Å²) in [7, 11) is 3.12. The summed E-state index contributed by atoms with van der Waals surface area (Å²) >= 11 is 0. The van der Waals surface area contributed by atoms with Crippen LogP contribution in [0.3, 0.4) is 0 Å². The molecule has 8 nitrogen and oxygen atoms in total. The van der Waals surface area contributed by atoms with Crippen LogP contribution >= 0.6 is 0 Å². The number of carbonyl (C=O) groups is 1. The van der Waals surface area contributed by atoms with Crippen molar-refractivity contribution in [3.63, 3.8) is 0 Å². The molecule has 1 aliphatic heterocycles. The lowest BCUT2D eigenvalue weighted by Crippen LogP contribution is -2.49. The predicted octanol–water partition coefficient (Wildman–Crippen LogP) is 1.16. The summed E-state index contributed by atoms with van der Waals surface area (Å²) in [4.78, 5) is 29.3. The van der Waals surface area contributed by atoms with Crippen molar-refractivity contribution in [2.45, 2.75) is 6.92 Å². The van der Waals surface area contributed by atoms with Gasteiger partial charge in [0.25, 0.3) is 5.91 Å². The first kappa shape index (κ1) is 16.9. The average Bonchev–Trinajstić information content (AvgIpc) is 2.67. The van der Waals surface area contributed by atoms with E-state index in [1.165, 1.54) is 7.11 Å². The number of anilines is 1. The van der Waals surface area contributed by atoms with Crippen molar-refractivity contribution < 1.29 is 14.3 Å². The number of amides is 1. The van der Waals surface area contributed by atoms with E-state index in [9.17, 15) is 4.79 Å². The van der Waals surface area contributed by atoms with Crippen LogP contribution in [0.15, 0.2) is 24.4 Å². The van der Waals surface area contributed by atoms with Gasteiger partial charge in [-0.15, -0.1) is 0 Å². The number of piperazine rings is 1. The van der Waals surface area contributed by atoms with Gasteiger partial charge in [-0.05, 0) is 13.0 Å². The minimum Gasteiger partial charge on any atom is -0.481 e. The Morgan fingerprint density at radius 3 is 2.44 bits per heavy atom. The molecule has 2 aromatic rings. The Kier molecular flexibility index (Phi) is 4.97. The Balaban J connectivity index is 1.67. The molecule has 0 aromatic carbocycles. The molecule has 0 spiro atoms. The molecule has 132 valence electrons. The summed E-state index contributed by atoms with van der Waals surface area (Å²) in [5, 5.41) is 0. The van der Waals surface area contributed by atoms with Gasteiger partial charge in [-0.1, -0.05) is 0 Å². The van der Waals surface area contributed by atoms with Gasteiger partial charge < -0.3 is 19.3 Å². The molecule has 25 heavy (non-hydrogen) atoms. The average molecular weight is 343 g/mol. The molecule has 0 atom stereocenters. The molecule has 0 aliphatic carbocycles. The van der Waals surface area contributed by atoms with Crippen LogP contribution in [-0.2, 0) is 0 Å². The van der Waals surface area contributed by atoms with Gasteiger partial charge in [0.15, 0.2) is 0 Å². The van der Waals surface area contributed by atoms with Crippen LogP contribution in [0.2, 0.25) is 0 Å². The molecule has 1 fully saturated rings. The maximum Gasteiger partial charge on any atom is 0.254 e. The molecule has 0 saturated carbocycles. The van der Waals surface area contributed by atoms with Crippen molar-refractivity contribution in [1.29, 1.82) is 0 Å². The standard InChI is InChI=1S/C17H21N5O3/c1-12-19-14(11-16(20-12)25-3)21-6-8-22(9-7-21)17(23)13-4-5-18-15(10-13)24-2/h4-5,10-11H,6-9H2,1-3H3. The van der Waals surface area contributed by atoms with Crippen LogP contribution in [0.4, 0.5) is 5.82 Å². The Bertz CT molecular complexity index is 760. The normalized spacial score (nSPS) is 14.4. The third-order valence-electron chi connectivity index (χ3n) is 4.09. The fraction of sp³-hybridized carbons (Fsp3) is 0.412. The van der Waals surface area contributed by atoms with Gasteiger partial charge in [0.05, 0.1) is 14.2 Å². The first-order valence-corrected chi connectivity index (χ1v) is 8.04. The zero-order valence-electron chi connectivity index (χ0n) is 14.6. The fourth-order valence-corrected chi connectivity index (χ4v) is 2.77. The van der Waals surface area contributed by atoms with Crippen LogP contribution in [-0.4, -0.2) is 66.2 Å². The Hall–Kier alpha value is -2.90. The van der Waals surface area contributed by atoms with E-state index in [2.05, 4.69) is 19.9 Å². The highest BCUT2D eigenvalue weighted by Gasteiger charge is 2.23. The topological polar surface area (TPSA) is 80.7 Å².